The first-order valence-electron chi connectivity index (χ1n) is 6.27. The van der Waals surface area contributed by atoms with Gasteiger partial charge in [0.25, 0.3) is 0 Å². The van der Waals surface area contributed by atoms with E-state index >= 15 is 0 Å². The van der Waals surface area contributed by atoms with Gasteiger partial charge in [-0.05, 0) is 37.9 Å². The van der Waals surface area contributed by atoms with E-state index in [1.165, 1.54) is 11.5 Å². The summed E-state index contributed by atoms with van der Waals surface area (Å²) in [6.45, 7) is 5.81. The van der Waals surface area contributed by atoms with Gasteiger partial charge in [-0.3, -0.25) is 0 Å². The predicted molar refractivity (Wildman–Crippen MR) is 77.4 cm³/mol. The Bertz CT molecular complexity index is 581. The van der Waals surface area contributed by atoms with Crippen LogP contribution >= 0.6 is 11.5 Å². The molecule has 0 aliphatic rings. The summed E-state index contributed by atoms with van der Waals surface area (Å²) >= 11 is 1.32. The van der Waals surface area contributed by atoms with Crippen molar-refractivity contribution in [3.05, 3.63) is 46.7 Å². The second-order valence-corrected chi connectivity index (χ2v) is 5.90. The number of nitrogens with one attached hydrogen (secondary N) is 1. The molecule has 20 heavy (non-hydrogen) atoms. The number of ether oxygens (including phenoxy) is 1. The van der Waals surface area contributed by atoms with Crippen molar-refractivity contribution in [3.8, 4) is 0 Å². The van der Waals surface area contributed by atoms with Gasteiger partial charge in [0.15, 0.2) is 5.82 Å². The number of carbonyl (C=O) groups excluding carboxylic acids is 1. The highest BCUT2D eigenvalue weighted by molar-refractivity contribution is 7.05. The number of hydrogen-bond donors (Lipinski definition) is 1. The molecule has 0 saturated heterocycles. The molecule has 0 radical (unpaired) electrons. The topological polar surface area (TPSA) is 64.1 Å². The van der Waals surface area contributed by atoms with E-state index in [-0.39, 0.29) is 6.61 Å². The van der Waals surface area contributed by atoms with Gasteiger partial charge in [0.05, 0.1) is 5.54 Å². The normalized spacial score (nSPS) is 11.2. The molecule has 0 saturated carbocycles. The SMILES string of the molecule is Cc1nc(C(C)(C)NC(=O)OCc2ccccc2)ns1. The van der Waals surface area contributed by atoms with E-state index in [9.17, 15) is 4.79 Å². The van der Waals surface area contributed by atoms with E-state index in [2.05, 4.69) is 14.7 Å². The maximum atomic E-state index is 11.8. The number of benzene rings is 1. The number of nitrogens with zero attached hydrogens (tertiary/aromatic N) is 2. The van der Waals surface area contributed by atoms with Crippen LogP contribution in [0, 0.1) is 6.92 Å². The zero-order valence-corrected chi connectivity index (χ0v) is 12.5. The highest BCUT2D eigenvalue weighted by Gasteiger charge is 2.27. The second kappa shape index (κ2) is 6.00. The number of aromatic nitrogens is 2. The number of aryl methyl sites for hydroxylation is 1. The van der Waals surface area contributed by atoms with Crippen LogP contribution in [0.15, 0.2) is 30.3 Å². The molecule has 5 nitrogen and oxygen atoms in total. The molecule has 1 amide bonds. The standard InChI is InChI=1S/C14H17N3O2S/c1-10-15-12(17-20-10)14(2,3)16-13(18)19-9-11-7-5-4-6-8-11/h4-8H,9H2,1-3H3,(H,16,18). The van der Waals surface area contributed by atoms with Crippen molar-refractivity contribution in [3.63, 3.8) is 0 Å². The molecule has 2 aromatic rings. The first kappa shape index (κ1) is 14.5. The smallest absolute Gasteiger partial charge is 0.408 e. The minimum atomic E-state index is -0.654. The molecular formula is C14H17N3O2S. The van der Waals surface area contributed by atoms with Crippen molar-refractivity contribution in [1.82, 2.24) is 14.7 Å². The van der Waals surface area contributed by atoms with Crippen LogP contribution in [-0.2, 0) is 16.9 Å². The lowest BCUT2D eigenvalue weighted by Gasteiger charge is -2.22. The molecule has 2 rings (SSSR count). The molecule has 1 heterocycles. The summed E-state index contributed by atoms with van der Waals surface area (Å²) in [7, 11) is 0. The van der Waals surface area contributed by atoms with E-state index in [1.807, 2.05) is 51.1 Å². The molecule has 1 N–H and O–H groups in total. The van der Waals surface area contributed by atoms with Crippen LogP contribution in [0.4, 0.5) is 4.79 Å². The van der Waals surface area contributed by atoms with Gasteiger partial charge in [0, 0.05) is 0 Å². The summed E-state index contributed by atoms with van der Waals surface area (Å²) in [5.41, 5.74) is 0.293. The van der Waals surface area contributed by atoms with Gasteiger partial charge in [0.1, 0.15) is 11.6 Å². The fraction of sp³-hybridized carbons (Fsp3) is 0.357. The molecule has 0 unspecified atom stereocenters. The van der Waals surface area contributed by atoms with Gasteiger partial charge in [-0.25, -0.2) is 9.78 Å². The van der Waals surface area contributed by atoms with Crippen molar-refractivity contribution >= 4 is 17.6 Å². The Labute approximate surface area is 122 Å². The second-order valence-electron chi connectivity index (χ2n) is 4.95. The average Bonchev–Trinajstić information content (AvgIpc) is 2.85. The fourth-order valence-corrected chi connectivity index (χ4v) is 2.24. The molecule has 0 fully saturated rings. The first-order chi connectivity index (χ1) is 9.47. The third-order valence-corrected chi connectivity index (χ3v) is 3.33. The van der Waals surface area contributed by atoms with Gasteiger partial charge >= 0.3 is 6.09 Å². The third kappa shape index (κ3) is 3.77. The molecule has 0 spiro atoms. The van der Waals surface area contributed by atoms with Crippen LogP contribution in [0.25, 0.3) is 0 Å². The van der Waals surface area contributed by atoms with Crippen LogP contribution in [0.2, 0.25) is 0 Å². The maximum Gasteiger partial charge on any atom is 0.408 e. The lowest BCUT2D eigenvalue weighted by atomic mass is 10.1. The molecule has 6 heteroatoms. The third-order valence-electron chi connectivity index (χ3n) is 2.71. The summed E-state index contributed by atoms with van der Waals surface area (Å²) in [4.78, 5) is 16.1. The molecule has 106 valence electrons. The van der Waals surface area contributed by atoms with Crippen LogP contribution in [0.5, 0.6) is 0 Å². The predicted octanol–water partition coefficient (Wildman–Crippen LogP) is 3.01. The molecular weight excluding hydrogens is 274 g/mol. The maximum absolute atomic E-state index is 11.8. The van der Waals surface area contributed by atoms with Gasteiger partial charge in [0.2, 0.25) is 0 Å². The zero-order chi connectivity index (χ0) is 14.6. The molecule has 1 aromatic heterocycles. The van der Waals surface area contributed by atoms with Crippen molar-refractivity contribution in [1.29, 1.82) is 0 Å². The Morgan fingerprint density at radius 1 is 1.35 bits per heavy atom. The van der Waals surface area contributed by atoms with Crippen molar-refractivity contribution in [2.24, 2.45) is 0 Å². The number of carbonyl (C=O) groups is 1. The van der Waals surface area contributed by atoms with Crippen molar-refractivity contribution in [2.75, 3.05) is 0 Å². The number of hydrogen-bond acceptors (Lipinski definition) is 5. The lowest BCUT2D eigenvalue weighted by molar-refractivity contribution is 0.128. The van der Waals surface area contributed by atoms with E-state index < -0.39 is 11.6 Å². The molecule has 0 aliphatic heterocycles. The van der Waals surface area contributed by atoms with E-state index in [0.717, 1.165) is 10.6 Å². The van der Waals surface area contributed by atoms with Crippen molar-refractivity contribution in [2.45, 2.75) is 32.9 Å². The summed E-state index contributed by atoms with van der Waals surface area (Å²) in [6.07, 6.45) is -0.480. The average molecular weight is 291 g/mol. The molecule has 0 atom stereocenters. The van der Waals surface area contributed by atoms with Gasteiger partial charge in [-0.15, -0.1) is 0 Å². The Morgan fingerprint density at radius 3 is 2.65 bits per heavy atom. The largest absolute Gasteiger partial charge is 0.445 e. The summed E-state index contributed by atoms with van der Waals surface area (Å²) in [6, 6.07) is 9.54. The van der Waals surface area contributed by atoms with Gasteiger partial charge in [-0.1, -0.05) is 30.3 Å². The quantitative estimate of drug-likeness (QED) is 0.940. The monoisotopic (exact) mass is 291 g/mol. The fourth-order valence-electron chi connectivity index (χ4n) is 1.62. The minimum Gasteiger partial charge on any atom is -0.445 e. The summed E-state index contributed by atoms with van der Waals surface area (Å²) in [5, 5.41) is 3.64. The van der Waals surface area contributed by atoms with Crippen molar-refractivity contribution < 1.29 is 9.53 Å². The lowest BCUT2D eigenvalue weighted by Crippen LogP contribution is -2.42. The summed E-state index contributed by atoms with van der Waals surface area (Å²) < 4.78 is 9.41. The minimum absolute atomic E-state index is 0.242. The highest BCUT2D eigenvalue weighted by atomic mass is 32.1. The van der Waals surface area contributed by atoms with Crippen LogP contribution in [0.3, 0.4) is 0 Å². The number of alkyl carbamates (subject to hydrolysis) is 1. The van der Waals surface area contributed by atoms with Gasteiger partial charge in [-0.2, -0.15) is 4.37 Å². The molecule has 0 aliphatic carbocycles. The van der Waals surface area contributed by atoms with Crippen LogP contribution in [0.1, 0.15) is 30.2 Å². The zero-order valence-electron chi connectivity index (χ0n) is 11.7. The van der Waals surface area contributed by atoms with Crippen LogP contribution in [-0.4, -0.2) is 15.5 Å². The van der Waals surface area contributed by atoms with E-state index in [1.54, 1.807) is 0 Å². The first-order valence-corrected chi connectivity index (χ1v) is 7.04. The van der Waals surface area contributed by atoms with E-state index in [0.29, 0.717) is 5.82 Å². The Hall–Kier alpha value is -1.95. The highest BCUT2D eigenvalue weighted by Crippen LogP contribution is 2.18. The van der Waals surface area contributed by atoms with Gasteiger partial charge < -0.3 is 10.1 Å². The molecule has 1 aromatic carbocycles. The number of amides is 1. The summed E-state index contributed by atoms with van der Waals surface area (Å²) in [5.74, 6) is 0.594. The van der Waals surface area contributed by atoms with Crippen LogP contribution < -0.4 is 5.32 Å². The Morgan fingerprint density at radius 2 is 2.05 bits per heavy atom. The van der Waals surface area contributed by atoms with E-state index in [4.69, 9.17) is 4.74 Å². The molecule has 0 bridgehead atoms. The Kier molecular flexibility index (Phi) is 4.34. The number of rotatable bonds is 4. The Balaban J connectivity index is 1.91.